The van der Waals surface area contributed by atoms with Crippen LogP contribution in [0.15, 0.2) is 48.5 Å². The molecule has 1 aliphatic carbocycles. The van der Waals surface area contributed by atoms with Gasteiger partial charge in [-0.2, -0.15) is 0 Å². The Balaban J connectivity index is 1.08. The highest BCUT2D eigenvalue weighted by molar-refractivity contribution is 5.97. The third-order valence-corrected chi connectivity index (χ3v) is 11.0. The number of H-pyrrole nitrogens is 1. The molecule has 5 heterocycles. The van der Waals surface area contributed by atoms with E-state index in [1.807, 2.05) is 49.5 Å². The summed E-state index contributed by atoms with van der Waals surface area (Å²) in [5.41, 5.74) is 2.39. The van der Waals surface area contributed by atoms with Crippen molar-refractivity contribution in [2.45, 2.75) is 87.6 Å². The van der Waals surface area contributed by atoms with E-state index in [1.54, 1.807) is 0 Å². The van der Waals surface area contributed by atoms with Crippen LogP contribution in [0.2, 0.25) is 0 Å². The minimum absolute atomic E-state index is 0.0129. The SMILES string of the molecule is CN1C[C@H](C(=O)N[C@]2(C)O[C@@]3(O)[C@@H]4CC[C@@H](O)N4C(=O)[C@H](Cc4ccccc4)N3C2=O)C[C@@H]2c3cccc4[nH]c(CF)c(c34)C[C@H]21. The summed E-state index contributed by atoms with van der Waals surface area (Å²) < 4.78 is 20.1. The lowest BCUT2D eigenvalue weighted by Gasteiger charge is -2.49. The number of nitrogens with one attached hydrogen (secondary N) is 2. The Kier molecular flexibility index (Phi) is 6.64. The molecule has 0 bridgehead atoms. The number of hydrogen-bond donors (Lipinski definition) is 4. The van der Waals surface area contributed by atoms with Crippen LogP contribution in [-0.4, -0.2) is 97.2 Å². The molecule has 1 aromatic heterocycles. The quantitative estimate of drug-likeness (QED) is 0.337. The van der Waals surface area contributed by atoms with Gasteiger partial charge >= 0.3 is 0 Å². The predicted octanol–water partition coefficient (Wildman–Crippen LogP) is 1.87. The van der Waals surface area contributed by atoms with Gasteiger partial charge in [-0.1, -0.05) is 42.5 Å². The number of amides is 3. The Morgan fingerprint density at radius 1 is 1.15 bits per heavy atom. The smallest absolute Gasteiger partial charge is 0.280 e. The molecular weight excluding hydrogens is 593 g/mol. The number of rotatable bonds is 5. The van der Waals surface area contributed by atoms with E-state index >= 15 is 0 Å². The summed E-state index contributed by atoms with van der Waals surface area (Å²) >= 11 is 0. The molecule has 4 aliphatic heterocycles. The Labute approximate surface area is 265 Å². The highest BCUT2D eigenvalue weighted by Crippen LogP contribution is 2.48. The zero-order valence-electron chi connectivity index (χ0n) is 25.8. The number of aromatic amines is 1. The molecule has 12 heteroatoms. The van der Waals surface area contributed by atoms with Crippen LogP contribution in [0.4, 0.5) is 4.39 Å². The van der Waals surface area contributed by atoms with E-state index in [0.717, 1.165) is 32.5 Å². The van der Waals surface area contributed by atoms with Gasteiger partial charge in [-0.25, -0.2) is 4.39 Å². The third-order valence-electron chi connectivity index (χ3n) is 11.0. The number of halogens is 1. The number of hydrogen-bond acceptors (Lipinski definition) is 7. The molecule has 0 unspecified atom stereocenters. The second kappa shape index (κ2) is 10.3. The lowest BCUT2D eigenvalue weighted by Crippen LogP contribution is -2.72. The minimum Gasteiger partial charge on any atom is -0.374 e. The van der Waals surface area contributed by atoms with Crippen molar-refractivity contribution in [1.29, 1.82) is 0 Å². The molecular formula is C34H38FN5O6. The molecule has 0 saturated carbocycles. The molecule has 8 rings (SSSR count). The monoisotopic (exact) mass is 631 g/mol. The molecule has 4 saturated heterocycles. The number of aliphatic hydroxyl groups is 2. The van der Waals surface area contributed by atoms with Gasteiger partial charge in [-0.15, -0.1) is 0 Å². The Morgan fingerprint density at radius 2 is 1.93 bits per heavy atom. The summed E-state index contributed by atoms with van der Waals surface area (Å²) in [5.74, 6) is -4.30. The summed E-state index contributed by atoms with van der Waals surface area (Å²) in [4.78, 5) is 49.7. The van der Waals surface area contributed by atoms with E-state index in [0.29, 0.717) is 25.1 Å². The zero-order valence-corrected chi connectivity index (χ0v) is 25.8. The van der Waals surface area contributed by atoms with Crippen LogP contribution in [-0.2, 0) is 38.6 Å². The summed E-state index contributed by atoms with van der Waals surface area (Å²) in [6.45, 7) is 1.27. The standard InChI is InChI=1S/C34H38FN5O6/c1-33(32(44)40-26(13-18-7-4-3-5-8-18)31(43)39-27(11-12-28(39)41)34(40,45)46-33)37-30(42)19-14-21-20-9-6-10-23-29(20)22(24(16-35)36-23)15-25(21)38(2)17-19/h3-10,19,21,25-28,36,41,45H,11-17H2,1-2H3,(H,37,42)/t19-,21-,25-,26+,27+,28-,33-,34+/m1/s1. The normalized spacial score (nSPS) is 35.3. The maximum Gasteiger partial charge on any atom is 0.280 e. The van der Waals surface area contributed by atoms with E-state index in [4.69, 9.17) is 4.74 Å². The van der Waals surface area contributed by atoms with Gasteiger partial charge in [-0.3, -0.25) is 24.0 Å². The van der Waals surface area contributed by atoms with Gasteiger partial charge in [0.15, 0.2) is 0 Å². The first-order chi connectivity index (χ1) is 22.0. The minimum atomic E-state index is -2.24. The fourth-order valence-corrected chi connectivity index (χ4v) is 8.95. The lowest BCUT2D eigenvalue weighted by atomic mass is 9.72. The molecule has 2 aromatic carbocycles. The van der Waals surface area contributed by atoms with Gasteiger partial charge in [-0.05, 0) is 62.4 Å². The highest BCUT2D eigenvalue weighted by Gasteiger charge is 2.71. The summed E-state index contributed by atoms with van der Waals surface area (Å²) in [6.07, 6.45) is 0.630. The van der Waals surface area contributed by atoms with E-state index in [9.17, 15) is 29.0 Å². The van der Waals surface area contributed by atoms with Gasteiger partial charge in [0.1, 0.15) is 25.0 Å². The fourth-order valence-electron chi connectivity index (χ4n) is 8.95. The number of carbonyl (C=O) groups excluding carboxylic acids is 3. The number of fused-ring (bicyclic) bond motifs is 5. The van der Waals surface area contributed by atoms with Gasteiger partial charge in [0.25, 0.3) is 11.8 Å². The van der Waals surface area contributed by atoms with Crippen molar-refractivity contribution in [1.82, 2.24) is 25.0 Å². The number of likely N-dealkylation sites (tertiary alicyclic amines) is 1. The Hall–Kier alpha value is -3.84. The van der Waals surface area contributed by atoms with E-state index in [1.165, 1.54) is 11.8 Å². The van der Waals surface area contributed by atoms with Crippen molar-refractivity contribution >= 4 is 28.6 Å². The molecule has 0 spiro atoms. The maximum absolute atomic E-state index is 14.2. The average Bonchev–Trinajstić information content (AvgIpc) is 3.67. The van der Waals surface area contributed by atoms with Crippen molar-refractivity contribution in [3.05, 3.63) is 70.9 Å². The maximum atomic E-state index is 14.2. The van der Waals surface area contributed by atoms with Crippen LogP contribution in [0.3, 0.4) is 0 Å². The molecule has 11 nitrogen and oxygen atoms in total. The number of ether oxygens (including phenoxy) is 1. The first-order valence-corrected chi connectivity index (χ1v) is 16.0. The molecule has 5 aliphatic rings. The number of nitrogens with zero attached hydrogens (tertiary/aromatic N) is 3. The summed E-state index contributed by atoms with van der Waals surface area (Å²) in [6, 6.07) is 13.1. The molecule has 0 radical (unpaired) electrons. The molecule has 8 atom stereocenters. The molecule has 242 valence electrons. The Bertz CT molecular complexity index is 1750. The van der Waals surface area contributed by atoms with Gasteiger partial charge in [0.05, 0.1) is 11.6 Å². The number of benzene rings is 2. The largest absolute Gasteiger partial charge is 0.374 e. The van der Waals surface area contributed by atoms with Crippen molar-refractivity contribution in [2.75, 3.05) is 13.6 Å². The van der Waals surface area contributed by atoms with E-state index < -0.39 is 60.3 Å². The fraction of sp³-hybridized carbons (Fsp3) is 0.500. The lowest BCUT2D eigenvalue weighted by molar-refractivity contribution is -0.319. The van der Waals surface area contributed by atoms with Crippen LogP contribution in [0.1, 0.15) is 54.5 Å². The number of likely N-dealkylation sites (N-methyl/N-ethyl adjacent to an activating group) is 1. The Morgan fingerprint density at radius 3 is 2.70 bits per heavy atom. The van der Waals surface area contributed by atoms with Crippen molar-refractivity contribution in [3.8, 4) is 0 Å². The number of aliphatic hydroxyl groups excluding tert-OH is 1. The molecule has 3 amide bonds. The van der Waals surface area contributed by atoms with Crippen molar-refractivity contribution in [3.63, 3.8) is 0 Å². The number of piperazine rings is 1. The first kappa shape index (κ1) is 29.6. The predicted molar refractivity (Wildman–Crippen MR) is 163 cm³/mol. The number of alkyl halides is 1. The first-order valence-electron chi connectivity index (χ1n) is 16.0. The number of carbonyl (C=O) groups is 3. The van der Waals surface area contributed by atoms with E-state index in [-0.39, 0.29) is 31.2 Å². The van der Waals surface area contributed by atoms with Crippen molar-refractivity contribution in [2.24, 2.45) is 5.92 Å². The summed E-state index contributed by atoms with van der Waals surface area (Å²) in [5, 5.41) is 26.7. The van der Waals surface area contributed by atoms with Gasteiger partial charge < -0.3 is 30.3 Å². The van der Waals surface area contributed by atoms with Crippen LogP contribution in [0, 0.1) is 5.92 Å². The van der Waals surface area contributed by atoms with Gasteiger partial charge in [0.2, 0.25) is 17.5 Å². The number of aromatic nitrogens is 1. The highest BCUT2D eigenvalue weighted by atomic mass is 19.1. The second-order valence-electron chi connectivity index (χ2n) is 13.7. The topological polar surface area (TPSA) is 138 Å². The molecule has 46 heavy (non-hydrogen) atoms. The summed E-state index contributed by atoms with van der Waals surface area (Å²) in [7, 11) is 1.96. The third kappa shape index (κ3) is 4.13. The average molecular weight is 632 g/mol. The van der Waals surface area contributed by atoms with Crippen LogP contribution < -0.4 is 5.32 Å². The van der Waals surface area contributed by atoms with E-state index in [2.05, 4.69) is 21.3 Å². The molecule has 3 aromatic rings. The number of piperidine rings is 1. The van der Waals surface area contributed by atoms with Crippen LogP contribution in [0.5, 0.6) is 0 Å². The van der Waals surface area contributed by atoms with Gasteiger partial charge in [0, 0.05) is 35.8 Å². The molecule has 4 fully saturated rings. The zero-order chi connectivity index (χ0) is 32.1. The second-order valence-corrected chi connectivity index (χ2v) is 13.7. The van der Waals surface area contributed by atoms with Crippen molar-refractivity contribution < 1.29 is 33.7 Å². The molecule has 4 N–H and O–H groups in total. The van der Waals surface area contributed by atoms with Crippen LogP contribution in [0.25, 0.3) is 10.9 Å². The van der Waals surface area contributed by atoms with Crippen LogP contribution >= 0.6 is 0 Å².